The number of ether oxygens (including phenoxy) is 1. The third kappa shape index (κ3) is 6.83. The average Bonchev–Trinajstić information content (AvgIpc) is 1.95. The van der Waals surface area contributed by atoms with Crippen LogP contribution in [0.15, 0.2) is 0 Å². The van der Waals surface area contributed by atoms with Crippen molar-refractivity contribution in [3.8, 4) is 0 Å². The molecule has 0 spiro atoms. The van der Waals surface area contributed by atoms with Gasteiger partial charge in [-0.3, -0.25) is 4.74 Å². The molecular formula is C8H15F3O2. The maximum absolute atomic E-state index is 11.5. The van der Waals surface area contributed by atoms with Crippen molar-refractivity contribution in [3.63, 3.8) is 0 Å². The molecule has 0 bridgehead atoms. The third-order valence-electron chi connectivity index (χ3n) is 1.96. The molecule has 2 unspecified atom stereocenters. The van der Waals surface area contributed by atoms with Crippen molar-refractivity contribution in [2.75, 3.05) is 6.61 Å². The molecule has 13 heavy (non-hydrogen) atoms. The van der Waals surface area contributed by atoms with Crippen molar-refractivity contribution >= 4 is 0 Å². The molecule has 0 aromatic carbocycles. The van der Waals surface area contributed by atoms with Crippen LogP contribution in [-0.2, 0) is 4.74 Å². The highest BCUT2D eigenvalue weighted by Crippen LogP contribution is 2.19. The van der Waals surface area contributed by atoms with Gasteiger partial charge in [0.05, 0.1) is 12.7 Å². The molecule has 1 N–H and O–H groups in total. The molecule has 2 atom stereocenters. The van der Waals surface area contributed by atoms with E-state index in [1.54, 1.807) is 6.92 Å². The predicted octanol–water partition coefficient (Wildman–Crippen LogP) is 2.32. The molecule has 0 aliphatic heterocycles. The Morgan fingerprint density at radius 1 is 1.38 bits per heavy atom. The molecule has 0 aliphatic carbocycles. The van der Waals surface area contributed by atoms with Gasteiger partial charge in [-0.1, -0.05) is 13.3 Å². The minimum atomic E-state index is -4.56. The summed E-state index contributed by atoms with van der Waals surface area (Å²) in [5.41, 5.74) is 0. The molecular weight excluding hydrogens is 185 g/mol. The minimum absolute atomic E-state index is 0.123. The fraction of sp³-hybridized carbons (Fsp3) is 1.00. The van der Waals surface area contributed by atoms with E-state index in [0.717, 1.165) is 0 Å². The number of hydrogen-bond donors (Lipinski definition) is 1. The van der Waals surface area contributed by atoms with Crippen LogP contribution in [0.1, 0.15) is 26.7 Å². The quantitative estimate of drug-likeness (QED) is 0.738. The van der Waals surface area contributed by atoms with Gasteiger partial charge >= 0.3 is 6.36 Å². The average molecular weight is 200 g/mol. The lowest BCUT2D eigenvalue weighted by atomic mass is 9.97. The van der Waals surface area contributed by atoms with Crippen molar-refractivity contribution in [1.82, 2.24) is 0 Å². The highest BCUT2D eigenvalue weighted by atomic mass is 19.4. The number of aliphatic hydroxyl groups excluding tert-OH is 1. The summed E-state index contributed by atoms with van der Waals surface area (Å²) in [6, 6.07) is 0. The Hall–Kier alpha value is -0.290. The van der Waals surface area contributed by atoms with Gasteiger partial charge in [-0.15, -0.1) is 13.2 Å². The number of halogens is 3. The van der Waals surface area contributed by atoms with Gasteiger partial charge < -0.3 is 5.11 Å². The second-order valence-electron chi connectivity index (χ2n) is 2.99. The maximum Gasteiger partial charge on any atom is 0.522 e. The first-order valence-electron chi connectivity index (χ1n) is 4.25. The van der Waals surface area contributed by atoms with Gasteiger partial charge in [0.25, 0.3) is 0 Å². The van der Waals surface area contributed by atoms with Crippen molar-refractivity contribution in [2.45, 2.75) is 39.2 Å². The molecule has 0 aliphatic rings. The van der Waals surface area contributed by atoms with E-state index in [0.29, 0.717) is 6.42 Å². The second kappa shape index (κ2) is 5.44. The zero-order valence-corrected chi connectivity index (χ0v) is 7.77. The molecule has 0 radical (unpaired) electrons. The first-order valence-corrected chi connectivity index (χ1v) is 4.25. The smallest absolute Gasteiger partial charge is 0.393 e. The Labute approximate surface area is 75.7 Å². The molecule has 0 saturated carbocycles. The van der Waals surface area contributed by atoms with E-state index >= 15 is 0 Å². The van der Waals surface area contributed by atoms with E-state index in [9.17, 15) is 13.2 Å². The summed E-state index contributed by atoms with van der Waals surface area (Å²) in [6.07, 6.45) is -4.26. The third-order valence-corrected chi connectivity index (χ3v) is 1.96. The van der Waals surface area contributed by atoms with Crippen molar-refractivity contribution in [1.29, 1.82) is 0 Å². The fourth-order valence-corrected chi connectivity index (χ4v) is 1.11. The molecule has 0 heterocycles. The van der Waals surface area contributed by atoms with Gasteiger partial charge in [0.15, 0.2) is 0 Å². The first-order chi connectivity index (χ1) is 5.87. The fourth-order valence-electron chi connectivity index (χ4n) is 1.11. The normalized spacial score (nSPS) is 17.1. The molecule has 2 nitrogen and oxygen atoms in total. The molecule has 5 heteroatoms. The monoisotopic (exact) mass is 200 g/mol. The summed E-state index contributed by atoms with van der Waals surface area (Å²) in [5, 5.41) is 9.10. The number of rotatable bonds is 5. The lowest BCUT2D eigenvalue weighted by molar-refractivity contribution is -0.325. The molecule has 0 rings (SSSR count). The predicted molar refractivity (Wildman–Crippen MR) is 42.1 cm³/mol. The van der Waals surface area contributed by atoms with Gasteiger partial charge in [-0.2, -0.15) is 0 Å². The van der Waals surface area contributed by atoms with Crippen LogP contribution >= 0.6 is 0 Å². The molecule has 0 aromatic rings. The van der Waals surface area contributed by atoms with Crippen LogP contribution in [-0.4, -0.2) is 24.2 Å². The number of hydrogen-bond acceptors (Lipinski definition) is 2. The van der Waals surface area contributed by atoms with Gasteiger partial charge in [-0.25, -0.2) is 0 Å². The summed E-state index contributed by atoms with van der Waals surface area (Å²) in [7, 11) is 0. The summed E-state index contributed by atoms with van der Waals surface area (Å²) in [6.45, 7) is 3.01. The van der Waals surface area contributed by atoms with E-state index in [-0.39, 0.29) is 18.9 Å². The van der Waals surface area contributed by atoms with Crippen LogP contribution in [0, 0.1) is 5.92 Å². The zero-order valence-electron chi connectivity index (χ0n) is 7.77. The Bertz CT molecular complexity index is 134. The van der Waals surface area contributed by atoms with Crippen LogP contribution in [0.4, 0.5) is 13.2 Å². The highest BCUT2D eigenvalue weighted by Gasteiger charge is 2.29. The van der Waals surface area contributed by atoms with E-state index in [4.69, 9.17) is 5.11 Å². The van der Waals surface area contributed by atoms with E-state index in [1.165, 1.54) is 0 Å². The van der Waals surface area contributed by atoms with Crippen LogP contribution in [0.3, 0.4) is 0 Å². The zero-order chi connectivity index (χ0) is 10.5. The standard InChI is InChI=1S/C8H15F3O2/c1-3-7(6(2)12)4-5-13-8(9,10)11/h6-7,12H,3-5H2,1-2H3. The van der Waals surface area contributed by atoms with Crippen molar-refractivity contribution in [3.05, 3.63) is 0 Å². The minimum Gasteiger partial charge on any atom is -0.393 e. The van der Waals surface area contributed by atoms with Crippen LogP contribution in [0.2, 0.25) is 0 Å². The summed E-state index contributed by atoms with van der Waals surface area (Å²) < 4.78 is 38.2. The first kappa shape index (κ1) is 12.7. The Morgan fingerprint density at radius 2 is 1.92 bits per heavy atom. The summed E-state index contributed by atoms with van der Waals surface area (Å²) in [5.74, 6) is -0.123. The van der Waals surface area contributed by atoms with Crippen LogP contribution < -0.4 is 0 Å². The lowest BCUT2D eigenvalue weighted by Crippen LogP contribution is -2.21. The SMILES string of the molecule is CCC(CCOC(F)(F)F)C(C)O. The highest BCUT2D eigenvalue weighted by molar-refractivity contribution is 4.62. The molecule has 0 amide bonds. The topological polar surface area (TPSA) is 29.5 Å². The largest absolute Gasteiger partial charge is 0.522 e. The Morgan fingerprint density at radius 3 is 2.23 bits per heavy atom. The van der Waals surface area contributed by atoms with Crippen LogP contribution in [0.5, 0.6) is 0 Å². The summed E-state index contributed by atoms with van der Waals surface area (Å²) in [4.78, 5) is 0. The van der Waals surface area contributed by atoms with E-state index in [2.05, 4.69) is 4.74 Å². The van der Waals surface area contributed by atoms with Crippen LogP contribution in [0.25, 0.3) is 0 Å². The molecule has 0 saturated heterocycles. The van der Waals surface area contributed by atoms with Crippen molar-refractivity contribution in [2.24, 2.45) is 5.92 Å². The van der Waals surface area contributed by atoms with Gasteiger partial charge in [0.1, 0.15) is 0 Å². The number of alkyl halides is 3. The molecule has 0 fully saturated rings. The van der Waals surface area contributed by atoms with Gasteiger partial charge in [0.2, 0.25) is 0 Å². The van der Waals surface area contributed by atoms with Crippen molar-refractivity contribution < 1.29 is 23.0 Å². The van der Waals surface area contributed by atoms with Gasteiger partial charge in [0, 0.05) is 0 Å². The van der Waals surface area contributed by atoms with Gasteiger partial charge in [-0.05, 0) is 19.3 Å². The second-order valence-corrected chi connectivity index (χ2v) is 2.99. The molecule has 80 valence electrons. The lowest BCUT2D eigenvalue weighted by Gasteiger charge is -2.17. The Kier molecular flexibility index (Phi) is 5.32. The maximum atomic E-state index is 11.5. The molecule has 0 aromatic heterocycles. The Balaban J connectivity index is 3.62. The summed E-state index contributed by atoms with van der Waals surface area (Å²) >= 11 is 0. The number of aliphatic hydroxyl groups is 1. The van der Waals surface area contributed by atoms with E-state index < -0.39 is 12.5 Å². The van der Waals surface area contributed by atoms with E-state index in [1.807, 2.05) is 6.92 Å².